The van der Waals surface area contributed by atoms with Crippen molar-refractivity contribution in [1.29, 1.82) is 0 Å². The molecule has 27 heavy (non-hydrogen) atoms. The van der Waals surface area contributed by atoms with Gasteiger partial charge in [-0.1, -0.05) is 23.2 Å². The van der Waals surface area contributed by atoms with Crippen LogP contribution in [-0.2, 0) is 0 Å². The van der Waals surface area contributed by atoms with E-state index in [2.05, 4.69) is 20.9 Å². The van der Waals surface area contributed by atoms with Gasteiger partial charge in [-0.05, 0) is 39.8 Å². The summed E-state index contributed by atoms with van der Waals surface area (Å²) in [7, 11) is 0. The van der Waals surface area contributed by atoms with Crippen LogP contribution in [0.5, 0.6) is 5.75 Å². The van der Waals surface area contributed by atoms with Gasteiger partial charge in [0.15, 0.2) is 0 Å². The molecule has 146 valence electrons. The lowest BCUT2D eigenvalue weighted by Gasteiger charge is -2.16. The maximum absolute atomic E-state index is 12.6. The quantitative estimate of drug-likeness (QED) is 0.547. The maximum atomic E-state index is 12.6. The number of nitrogens with one attached hydrogen (secondary N) is 4. The van der Waals surface area contributed by atoms with E-state index in [1.807, 2.05) is 20.8 Å². The Kier molecular flexibility index (Phi) is 6.98. The molecule has 0 radical (unpaired) electrons. The number of ether oxygens (including phenoxy) is 1. The number of hydrogen-bond donors (Lipinski definition) is 4. The van der Waals surface area contributed by atoms with Crippen LogP contribution in [-0.4, -0.2) is 29.6 Å². The highest BCUT2D eigenvalue weighted by Gasteiger charge is 2.20. The summed E-state index contributed by atoms with van der Waals surface area (Å²) < 4.78 is 5.77. The third kappa shape index (κ3) is 5.30. The highest BCUT2D eigenvalue weighted by atomic mass is 35.5. The number of benzene rings is 1. The van der Waals surface area contributed by atoms with Gasteiger partial charge in [0, 0.05) is 24.0 Å². The van der Waals surface area contributed by atoms with Crippen LogP contribution in [0.1, 0.15) is 37.0 Å². The van der Waals surface area contributed by atoms with E-state index in [4.69, 9.17) is 27.9 Å². The van der Waals surface area contributed by atoms with E-state index in [0.717, 1.165) is 0 Å². The summed E-state index contributed by atoms with van der Waals surface area (Å²) >= 11 is 12.1. The molecule has 0 atom stereocenters. The van der Waals surface area contributed by atoms with Crippen LogP contribution in [0.15, 0.2) is 18.2 Å². The zero-order chi connectivity index (χ0) is 20.1. The number of carbonyl (C=O) groups is 2. The Labute approximate surface area is 167 Å². The smallest absolute Gasteiger partial charge is 0.319 e. The van der Waals surface area contributed by atoms with Gasteiger partial charge < -0.3 is 25.7 Å². The van der Waals surface area contributed by atoms with Gasteiger partial charge in [-0.25, -0.2) is 4.79 Å². The number of amides is 3. The number of aryl methyl sites for hydroxylation is 1. The molecule has 0 bridgehead atoms. The lowest BCUT2D eigenvalue weighted by Crippen LogP contribution is -2.28. The van der Waals surface area contributed by atoms with E-state index in [1.54, 1.807) is 25.1 Å². The first kappa shape index (κ1) is 20.9. The Balaban J connectivity index is 2.27. The van der Waals surface area contributed by atoms with Crippen molar-refractivity contribution in [2.24, 2.45) is 0 Å². The van der Waals surface area contributed by atoms with Crippen LogP contribution in [0.2, 0.25) is 10.0 Å². The topological polar surface area (TPSA) is 95.3 Å². The minimum atomic E-state index is -0.451. The van der Waals surface area contributed by atoms with Gasteiger partial charge in [-0.3, -0.25) is 4.79 Å². The number of carbonyl (C=O) groups excluding carboxylic acids is 2. The summed E-state index contributed by atoms with van der Waals surface area (Å²) in [4.78, 5) is 27.1. The Morgan fingerprint density at radius 2 is 1.89 bits per heavy atom. The van der Waals surface area contributed by atoms with E-state index in [0.29, 0.717) is 34.4 Å². The fraction of sp³-hybridized carbons (Fsp3) is 0.333. The summed E-state index contributed by atoms with van der Waals surface area (Å²) in [5.74, 6) is -0.0359. The molecule has 0 aliphatic rings. The number of anilines is 2. The second kappa shape index (κ2) is 9.01. The molecule has 4 N–H and O–H groups in total. The van der Waals surface area contributed by atoms with Crippen molar-refractivity contribution in [2.45, 2.75) is 33.8 Å². The van der Waals surface area contributed by atoms with Crippen molar-refractivity contribution >= 4 is 46.5 Å². The van der Waals surface area contributed by atoms with E-state index in [-0.39, 0.29) is 22.9 Å². The third-order valence-electron chi connectivity index (χ3n) is 3.47. The lowest BCUT2D eigenvalue weighted by atomic mass is 10.2. The SMILES string of the molecule is CCNC(=O)Nc1ccc(NC(=O)c2[nH]c(C)c(Cl)c2Cl)c(OC(C)C)c1. The Bertz CT molecular complexity index is 849. The summed E-state index contributed by atoms with van der Waals surface area (Å²) in [5, 5.41) is 8.57. The first-order valence-electron chi connectivity index (χ1n) is 8.43. The van der Waals surface area contributed by atoms with E-state index in [1.165, 1.54) is 0 Å². The van der Waals surface area contributed by atoms with Crippen LogP contribution < -0.4 is 20.7 Å². The average Bonchev–Trinajstić information content (AvgIpc) is 2.84. The van der Waals surface area contributed by atoms with Crippen molar-refractivity contribution in [1.82, 2.24) is 10.3 Å². The first-order chi connectivity index (χ1) is 12.7. The van der Waals surface area contributed by atoms with Crippen molar-refractivity contribution in [3.05, 3.63) is 39.6 Å². The van der Waals surface area contributed by atoms with E-state index >= 15 is 0 Å². The minimum Gasteiger partial charge on any atom is -0.489 e. The third-order valence-corrected chi connectivity index (χ3v) is 4.42. The molecule has 0 fully saturated rings. The Morgan fingerprint density at radius 3 is 2.44 bits per heavy atom. The van der Waals surface area contributed by atoms with Crippen molar-refractivity contribution < 1.29 is 14.3 Å². The molecular formula is C18H22Cl2N4O3. The number of hydrogen-bond acceptors (Lipinski definition) is 3. The fourth-order valence-electron chi connectivity index (χ4n) is 2.30. The zero-order valence-corrected chi connectivity index (χ0v) is 17.0. The molecule has 7 nitrogen and oxygen atoms in total. The highest BCUT2D eigenvalue weighted by Crippen LogP contribution is 2.32. The van der Waals surface area contributed by atoms with Gasteiger partial charge >= 0.3 is 6.03 Å². The first-order valence-corrected chi connectivity index (χ1v) is 9.19. The predicted octanol–water partition coefficient (Wildman–Crippen LogP) is 4.81. The Morgan fingerprint density at radius 1 is 1.19 bits per heavy atom. The second-order valence-corrected chi connectivity index (χ2v) is 6.83. The average molecular weight is 413 g/mol. The molecule has 0 aliphatic carbocycles. The number of rotatable bonds is 6. The largest absolute Gasteiger partial charge is 0.489 e. The zero-order valence-electron chi connectivity index (χ0n) is 15.5. The molecule has 0 spiro atoms. The minimum absolute atomic E-state index is 0.133. The molecule has 0 saturated heterocycles. The molecule has 1 aromatic carbocycles. The van der Waals surface area contributed by atoms with Crippen LogP contribution in [0.4, 0.5) is 16.2 Å². The van der Waals surface area contributed by atoms with Gasteiger partial charge in [0.1, 0.15) is 11.4 Å². The number of H-pyrrole nitrogens is 1. The maximum Gasteiger partial charge on any atom is 0.319 e. The monoisotopic (exact) mass is 412 g/mol. The molecule has 3 amide bonds. The Hall–Kier alpha value is -2.38. The van der Waals surface area contributed by atoms with Gasteiger partial charge in [-0.15, -0.1) is 0 Å². The van der Waals surface area contributed by atoms with Crippen molar-refractivity contribution in [3.8, 4) is 5.75 Å². The van der Waals surface area contributed by atoms with E-state index in [9.17, 15) is 9.59 Å². The molecule has 2 aromatic rings. The number of aromatic nitrogens is 1. The van der Waals surface area contributed by atoms with E-state index < -0.39 is 5.91 Å². The standard InChI is InChI=1S/C18H22Cl2N4O3/c1-5-21-18(26)23-11-6-7-12(13(8-11)27-9(2)3)24-17(25)16-15(20)14(19)10(4)22-16/h6-9,22H,5H2,1-4H3,(H,24,25)(H2,21,23,26). The highest BCUT2D eigenvalue weighted by molar-refractivity contribution is 6.44. The van der Waals surface area contributed by atoms with Crippen LogP contribution in [0.3, 0.4) is 0 Å². The number of halogens is 2. The summed E-state index contributed by atoms with van der Waals surface area (Å²) in [6.07, 6.45) is -0.133. The molecular weight excluding hydrogens is 391 g/mol. The molecule has 0 saturated carbocycles. The molecule has 1 aromatic heterocycles. The number of urea groups is 1. The van der Waals surface area contributed by atoms with Crippen LogP contribution >= 0.6 is 23.2 Å². The molecule has 1 heterocycles. The predicted molar refractivity (Wildman–Crippen MR) is 108 cm³/mol. The molecule has 0 aliphatic heterocycles. The van der Waals surface area contributed by atoms with Crippen molar-refractivity contribution in [3.63, 3.8) is 0 Å². The van der Waals surface area contributed by atoms with Gasteiger partial charge in [-0.2, -0.15) is 0 Å². The molecule has 2 rings (SSSR count). The molecule has 0 unspecified atom stereocenters. The second-order valence-electron chi connectivity index (χ2n) is 6.07. The van der Waals surface area contributed by atoms with Gasteiger partial charge in [0.25, 0.3) is 5.91 Å². The summed E-state index contributed by atoms with van der Waals surface area (Å²) in [6, 6.07) is 4.61. The fourth-order valence-corrected chi connectivity index (χ4v) is 2.72. The summed E-state index contributed by atoms with van der Waals surface area (Å²) in [5.41, 5.74) is 1.74. The molecule has 9 heteroatoms. The van der Waals surface area contributed by atoms with Gasteiger partial charge in [0.2, 0.25) is 0 Å². The lowest BCUT2D eigenvalue weighted by molar-refractivity contribution is 0.102. The van der Waals surface area contributed by atoms with Crippen molar-refractivity contribution in [2.75, 3.05) is 17.2 Å². The van der Waals surface area contributed by atoms with Crippen LogP contribution in [0, 0.1) is 6.92 Å². The summed E-state index contributed by atoms with van der Waals surface area (Å²) in [6.45, 7) is 7.78. The van der Waals surface area contributed by atoms with Crippen LogP contribution in [0.25, 0.3) is 0 Å². The van der Waals surface area contributed by atoms with Gasteiger partial charge in [0.05, 0.1) is 21.8 Å². The normalized spacial score (nSPS) is 10.6. The number of aromatic amines is 1.